The van der Waals surface area contributed by atoms with Gasteiger partial charge in [0.15, 0.2) is 11.6 Å². The van der Waals surface area contributed by atoms with Gasteiger partial charge in [-0.3, -0.25) is 9.59 Å². The summed E-state index contributed by atoms with van der Waals surface area (Å²) in [6, 6.07) is 7.18. The topological polar surface area (TPSA) is 70.2 Å². The molecule has 2 aromatic rings. The molecule has 144 valence electrons. The Hall–Kier alpha value is -2.32. The molecule has 3 N–H and O–H groups in total. The van der Waals surface area contributed by atoms with Crippen LogP contribution in [0.5, 0.6) is 0 Å². The van der Waals surface area contributed by atoms with Crippen LogP contribution in [0.25, 0.3) is 0 Å². The summed E-state index contributed by atoms with van der Waals surface area (Å²) in [6.07, 6.45) is 0.864. The highest BCUT2D eigenvalue weighted by molar-refractivity contribution is 7.12. The third kappa shape index (κ3) is 5.11. The van der Waals surface area contributed by atoms with Crippen LogP contribution >= 0.6 is 11.3 Å². The molecule has 2 heterocycles. The van der Waals surface area contributed by atoms with E-state index in [0.717, 1.165) is 12.6 Å². The third-order valence-electron chi connectivity index (χ3n) is 4.58. The lowest BCUT2D eigenvalue weighted by Gasteiger charge is -2.33. The van der Waals surface area contributed by atoms with Gasteiger partial charge in [0.05, 0.1) is 4.88 Å². The van der Waals surface area contributed by atoms with Gasteiger partial charge in [0.2, 0.25) is 5.91 Å². The number of benzene rings is 1. The van der Waals surface area contributed by atoms with E-state index in [1.165, 1.54) is 17.4 Å². The Morgan fingerprint density at radius 1 is 1.22 bits per heavy atom. The number of rotatable bonds is 6. The molecule has 1 aromatic heterocycles. The van der Waals surface area contributed by atoms with Crippen molar-refractivity contribution in [3.05, 3.63) is 57.8 Å². The van der Waals surface area contributed by atoms with Crippen LogP contribution in [-0.2, 0) is 4.79 Å². The van der Waals surface area contributed by atoms with Crippen molar-refractivity contribution in [1.82, 2.24) is 16.0 Å². The van der Waals surface area contributed by atoms with Gasteiger partial charge in [0.25, 0.3) is 5.91 Å². The monoisotopic (exact) mass is 393 g/mol. The molecule has 8 heteroatoms. The molecule has 1 aliphatic heterocycles. The first-order valence-electron chi connectivity index (χ1n) is 8.81. The molecule has 0 spiro atoms. The highest BCUT2D eigenvalue weighted by Crippen LogP contribution is 2.27. The lowest BCUT2D eigenvalue weighted by atomic mass is 9.86. The summed E-state index contributed by atoms with van der Waals surface area (Å²) in [7, 11) is 0. The van der Waals surface area contributed by atoms with E-state index < -0.39 is 11.6 Å². The van der Waals surface area contributed by atoms with E-state index in [2.05, 4.69) is 16.0 Å². The van der Waals surface area contributed by atoms with E-state index in [1.807, 2.05) is 5.38 Å². The van der Waals surface area contributed by atoms with Gasteiger partial charge >= 0.3 is 0 Å². The first-order chi connectivity index (χ1) is 13.0. The number of amides is 2. The van der Waals surface area contributed by atoms with Gasteiger partial charge in [-0.1, -0.05) is 12.1 Å². The molecule has 0 saturated carbocycles. The Labute approximate surface area is 160 Å². The summed E-state index contributed by atoms with van der Waals surface area (Å²) in [5.41, 5.74) is 0.673. The maximum absolute atomic E-state index is 13.6. The van der Waals surface area contributed by atoms with Crippen LogP contribution in [0, 0.1) is 11.6 Å². The van der Waals surface area contributed by atoms with Crippen LogP contribution in [0.1, 0.15) is 34.0 Å². The van der Waals surface area contributed by atoms with Crippen LogP contribution in [0.4, 0.5) is 8.78 Å². The first kappa shape index (κ1) is 19.4. The Morgan fingerprint density at radius 2 is 2.07 bits per heavy atom. The van der Waals surface area contributed by atoms with E-state index in [-0.39, 0.29) is 36.7 Å². The second-order valence-electron chi connectivity index (χ2n) is 6.43. The molecule has 1 saturated heterocycles. The molecule has 5 nitrogen and oxygen atoms in total. The summed E-state index contributed by atoms with van der Waals surface area (Å²) in [4.78, 5) is 24.7. The van der Waals surface area contributed by atoms with Crippen molar-refractivity contribution in [2.24, 2.45) is 0 Å². The van der Waals surface area contributed by atoms with Crippen LogP contribution in [0.2, 0.25) is 0 Å². The van der Waals surface area contributed by atoms with Gasteiger partial charge in [-0.15, -0.1) is 11.3 Å². The maximum Gasteiger partial charge on any atom is 0.261 e. The number of hydrogen-bond acceptors (Lipinski definition) is 4. The zero-order valence-electron chi connectivity index (χ0n) is 14.6. The number of carbonyl (C=O) groups excluding carboxylic acids is 2. The molecule has 2 unspecified atom stereocenters. The Kier molecular flexibility index (Phi) is 6.52. The molecule has 2 atom stereocenters. The normalized spacial score (nSPS) is 19.5. The van der Waals surface area contributed by atoms with Crippen LogP contribution in [-0.4, -0.2) is 37.5 Å². The van der Waals surface area contributed by atoms with Gasteiger partial charge in [0, 0.05) is 31.5 Å². The summed E-state index contributed by atoms with van der Waals surface area (Å²) in [6.45, 7) is 1.53. The van der Waals surface area contributed by atoms with Gasteiger partial charge in [-0.05, 0) is 42.1 Å². The lowest BCUT2D eigenvalue weighted by molar-refractivity contribution is -0.121. The standard InChI is InChI=1S/C19H21F2N3O2S/c20-14-4-3-12(10-15(14)21)13-5-7-22-11-16(13)24-18(25)6-8-23-19(26)17-2-1-9-27-17/h1-4,9-10,13,16,22H,5-8,11H2,(H,23,26)(H,24,25). The molecule has 0 radical (unpaired) electrons. The zero-order valence-corrected chi connectivity index (χ0v) is 15.5. The van der Waals surface area contributed by atoms with Crippen molar-refractivity contribution in [3.63, 3.8) is 0 Å². The molecule has 1 fully saturated rings. The maximum atomic E-state index is 13.6. The van der Waals surface area contributed by atoms with E-state index in [1.54, 1.807) is 18.2 Å². The van der Waals surface area contributed by atoms with Crippen molar-refractivity contribution >= 4 is 23.2 Å². The van der Waals surface area contributed by atoms with Gasteiger partial charge in [0.1, 0.15) is 0 Å². The summed E-state index contributed by atoms with van der Waals surface area (Å²) in [5, 5.41) is 10.7. The predicted molar refractivity (Wildman–Crippen MR) is 99.8 cm³/mol. The van der Waals surface area contributed by atoms with Crippen LogP contribution < -0.4 is 16.0 Å². The first-order valence-corrected chi connectivity index (χ1v) is 9.69. The number of piperidine rings is 1. The summed E-state index contributed by atoms with van der Waals surface area (Å²) in [5.74, 6) is -2.24. The fourth-order valence-corrected chi connectivity index (χ4v) is 3.86. The SMILES string of the molecule is O=C(CCNC(=O)c1cccs1)NC1CNCCC1c1ccc(F)c(F)c1. The highest BCUT2D eigenvalue weighted by Gasteiger charge is 2.28. The van der Waals surface area contributed by atoms with E-state index >= 15 is 0 Å². The van der Waals surface area contributed by atoms with Gasteiger partial charge < -0.3 is 16.0 Å². The van der Waals surface area contributed by atoms with E-state index in [4.69, 9.17) is 0 Å². The molecule has 2 amide bonds. The minimum Gasteiger partial charge on any atom is -0.351 e. The van der Waals surface area contributed by atoms with E-state index in [0.29, 0.717) is 23.4 Å². The van der Waals surface area contributed by atoms with E-state index in [9.17, 15) is 18.4 Å². The quantitative estimate of drug-likeness (QED) is 0.706. The second-order valence-corrected chi connectivity index (χ2v) is 7.38. The Bertz CT molecular complexity index is 798. The molecule has 27 heavy (non-hydrogen) atoms. The average Bonchev–Trinajstić information content (AvgIpc) is 3.19. The molecule has 1 aliphatic rings. The fraction of sp³-hybridized carbons (Fsp3) is 0.368. The molecule has 0 aliphatic carbocycles. The number of hydrogen-bond donors (Lipinski definition) is 3. The largest absolute Gasteiger partial charge is 0.351 e. The average molecular weight is 393 g/mol. The minimum atomic E-state index is -0.882. The fourth-order valence-electron chi connectivity index (χ4n) is 3.22. The van der Waals surface area contributed by atoms with Crippen molar-refractivity contribution in [2.45, 2.75) is 24.8 Å². The number of thiophene rings is 1. The Balaban J connectivity index is 1.53. The molecule has 3 rings (SSSR count). The van der Waals surface area contributed by atoms with Crippen LogP contribution in [0.15, 0.2) is 35.7 Å². The van der Waals surface area contributed by atoms with Gasteiger partial charge in [-0.2, -0.15) is 0 Å². The summed E-state index contributed by atoms with van der Waals surface area (Å²) < 4.78 is 26.8. The minimum absolute atomic E-state index is 0.0917. The highest BCUT2D eigenvalue weighted by atomic mass is 32.1. The van der Waals surface area contributed by atoms with Gasteiger partial charge in [-0.25, -0.2) is 8.78 Å². The number of nitrogens with one attached hydrogen (secondary N) is 3. The predicted octanol–water partition coefficient (Wildman–Crippen LogP) is 2.41. The second kappa shape index (κ2) is 9.05. The molecule has 0 bridgehead atoms. The number of halogens is 2. The third-order valence-corrected chi connectivity index (χ3v) is 5.45. The molecular formula is C19H21F2N3O2S. The van der Waals surface area contributed by atoms with Crippen molar-refractivity contribution < 1.29 is 18.4 Å². The molecular weight excluding hydrogens is 372 g/mol. The van der Waals surface area contributed by atoms with Crippen molar-refractivity contribution in [1.29, 1.82) is 0 Å². The Morgan fingerprint density at radius 3 is 2.81 bits per heavy atom. The smallest absolute Gasteiger partial charge is 0.261 e. The zero-order chi connectivity index (χ0) is 19.2. The lowest BCUT2D eigenvalue weighted by Crippen LogP contribution is -2.50. The van der Waals surface area contributed by atoms with Crippen molar-refractivity contribution in [3.8, 4) is 0 Å². The summed E-state index contributed by atoms with van der Waals surface area (Å²) >= 11 is 1.34. The molecule has 1 aromatic carbocycles. The number of carbonyl (C=O) groups is 2. The van der Waals surface area contributed by atoms with Crippen molar-refractivity contribution in [2.75, 3.05) is 19.6 Å². The van der Waals surface area contributed by atoms with Crippen LogP contribution in [0.3, 0.4) is 0 Å².